The van der Waals surface area contributed by atoms with Crippen molar-refractivity contribution in [2.75, 3.05) is 37.1 Å². The number of rotatable bonds is 16. The number of nitrogens with one attached hydrogen (secondary N) is 3. The maximum Gasteiger partial charge on any atom is 0.355 e. The monoisotopic (exact) mass is 904 g/mol. The molecule has 5 heterocycles. The summed E-state index contributed by atoms with van der Waals surface area (Å²) in [6.45, 7) is -0.820. The molecule has 0 spiro atoms. The number of amides is 4. The summed E-state index contributed by atoms with van der Waals surface area (Å²) < 4.78 is 58.4. The Morgan fingerprint density at radius 1 is 0.938 bits per heavy atom. The molecule has 4 amide bonds. The number of aromatic nitrogens is 8. The summed E-state index contributed by atoms with van der Waals surface area (Å²) in [6.07, 6.45) is 3.49. The van der Waals surface area contributed by atoms with Crippen LogP contribution in [0.5, 0.6) is 0 Å². The van der Waals surface area contributed by atoms with Gasteiger partial charge in [0.25, 0.3) is 5.91 Å². The maximum atomic E-state index is 14.8. The number of hydrogen-bond donors (Lipinski definition) is 3. The number of benzene rings is 3. The highest BCUT2D eigenvalue weighted by Crippen LogP contribution is 2.33. The number of piperidine rings is 1. The summed E-state index contributed by atoms with van der Waals surface area (Å²) in [7, 11) is 1.71. The van der Waals surface area contributed by atoms with Gasteiger partial charge in [0.2, 0.25) is 23.7 Å². The first-order chi connectivity index (χ1) is 30.7. The van der Waals surface area contributed by atoms with Crippen molar-refractivity contribution in [3.05, 3.63) is 121 Å². The molecule has 1 fully saturated rings. The molecule has 64 heavy (non-hydrogen) atoms. The highest BCUT2D eigenvalue weighted by atomic mass is 35.5. The van der Waals surface area contributed by atoms with Crippen molar-refractivity contribution in [3.63, 3.8) is 0 Å². The Balaban J connectivity index is 0.849. The zero-order valence-electron chi connectivity index (χ0n) is 33.6. The third-order valence-electron chi connectivity index (χ3n) is 10.4. The first kappa shape index (κ1) is 43.4. The van der Waals surface area contributed by atoms with E-state index < -0.39 is 71.2 Å². The van der Waals surface area contributed by atoms with Crippen LogP contribution in [0.2, 0.25) is 5.02 Å². The summed E-state index contributed by atoms with van der Waals surface area (Å²) in [6, 6.07) is 8.17. The first-order valence-corrected chi connectivity index (χ1v) is 20.0. The van der Waals surface area contributed by atoms with E-state index in [4.69, 9.17) is 21.1 Å². The van der Waals surface area contributed by atoms with Gasteiger partial charge in [0, 0.05) is 60.0 Å². The fourth-order valence-electron chi connectivity index (χ4n) is 7.26. The molecule has 20 nitrogen and oxygen atoms in total. The number of fused-ring (bicyclic) bond motifs is 2. The molecular formula is C40H36ClF3N12O8. The predicted octanol–water partition coefficient (Wildman–Crippen LogP) is 2.23. The first-order valence-electron chi connectivity index (χ1n) is 19.6. The van der Waals surface area contributed by atoms with E-state index in [0.29, 0.717) is 44.4 Å². The lowest BCUT2D eigenvalue weighted by molar-refractivity contribution is -0.137. The molecule has 0 aliphatic carbocycles. The molecular weight excluding hydrogens is 869 g/mol. The minimum absolute atomic E-state index is 0.0521. The number of nitrogens with zero attached hydrogens (tertiary/aromatic N) is 9. The Morgan fingerprint density at radius 2 is 1.73 bits per heavy atom. The number of halogens is 4. The summed E-state index contributed by atoms with van der Waals surface area (Å²) in [5.41, 5.74) is -0.151. The van der Waals surface area contributed by atoms with Gasteiger partial charge < -0.3 is 25.0 Å². The molecule has 0 radical (unpaired) electrons. The smallest absolute Gasteiger partial charge is 0.355 e. The van der Waals surface area contributed by atoms with Crippen molar-refractivity contribution in [3.8, 4) is 0 Å². The van der Waals surface area contributed by atoms with Gasteiger partial charge in [-0.25, -0.2) is 32.0 Å². The van der Waals surface area contributed by atoms with Gasteiger partial charge in [-0.1, -0.05) is 22.9 Å². The molecule has 1 atom stereocenters. The average molecular weight is 905 g/mol. The van der Waals surface area contributed by atoms with E-state index in [9.17, 15) is 41.9 Å². The lowest BCUT2D eigenvalue weighted by Gasteiger charge is -2.29. The van der Waals surface area contributed by atoms with E-state index in [-0.39, 0.29) is 80.6 Å². The summed E-state index contributed by atoms with van der Waals surface area (Å²) >= 11 is 6.48. The van der Waals surface area contributed by atoms with E-state index in [1.165, 1.54) is 15.8 Å². The minimum Gasteiger partial charge on any atom is -0.377 e. The van der Waals surface area contributed by atoms with Gasteiger partial charge in [-0.2, -0.15) is 10.1 Å². The van der Waals surface area contributed by atoms with Crippen LogP contribution in [0.15, 0.2) is 64.4 Å². The van der Waals surface area contributed by atoms with Crippen LogP contribution in [0.25, 0.3) is 10.9 Å². The van der Waals surface area contributed by atoms with Gasteiger partial charge in [-0.15, -0.1) is 5.10 Å². The molecule has 3 aromatic carbocycles. The van der Waals surface area contributed by atoms with E-state index in [2.05, 4.69) is 36.3 Å². The lowest BCUT2D eigenvalue weighted by Crippen LogP contribution is -2.52. The number of carbonyl (C=O) groups excluding carboxylic acids is 4. The van der Waals surface area contributed by atoms with Crippen molar-refractivity contribution in [2.45, 2.75) is 45.1 Å². The third-order valence-corrected chi connectivity index (χ3v) is 10.7. The molecule has 2 aliphatic rings. The number of hydrogen-bond acceptors (Lipinski definition) is 13. The molecule has 24 heteroatoms. The molecule has 332 valence electrons. The minimum atomic E-state index is -1.43. The van der Waals surface area contributed by atoms with Crippen LogP contribution >= 0.6 is 11.6 Å². The van der Waals surface area contributed by atoms with Gasteiger partial charge in [-0.05, 0) is 36.8 Å². The quantitative estimate of drug-likeness (QED) is 0.0720. The van der Waals surface area contributed by atoms with Crippen LogP contribution in [0.4, 0.5) is 30.5 Å². The van der Waals surface area contributed by atoms with E-state index in [0.717, 1.165) is 4.57 Å². The van der Waals surface area contributed by atoms with E-state index in [1.54, 1.807) is 48.3 Å². The Hall–Kier alpha value is -7.24. The van der Waals surface area contributed by atoms with Crippen molar-refractivity contribution in [2.24, 2.45) is 7.05 Å². The Kier molecular flexibility index (Phi) is 12.4. The number of imide groups is 1. The third kappa shape index (κ3) is 9.26. The molecule has 0 saturated carbocycles. The Bertz CT molecular complexity index is 2970. The normalized spacial score (nSPS) is 14.9. The Morgan fingerprint density at radius 3 is 2.55 bits per heavy atom. The van der Waals surface area contributed by atoms with Crippen LogP contribution in [0.3, 0.4) is 0 Å². The SMILES string of the molecule is Cn1cc2cc(Nc3nc(=O)n(Cc4cn(CCOCCOCC(=O)Nc5cccc6c5CN(C5CCC(=O)NC5=O)C6=O)nn4)c(=O)n3Cc3cc(F)c(F)cc3F)c(Cl)cc2n1. The molecule has 1 saturated heterocycles. The molecule has 1 unspecified atom stereocenters. The van der Waals surface area contributed by atoms with E-state index in [1.807, 2.05) is 0 Å². The highest BCUT2D eigenvalue weighted by Gasteiger charge is 2.40. The van der Waals surface area contributed by atoms with E-state index >= 15 is 0 Å². The van der Waals surface area contributed by atoms with Crippen LogP contribution in [0.1, 0.15) is 40.0 Å². The standard InChI is InChI=1S/C40H36ClF3N12O8/c1-52-15-22-12-32(26(41)13-31(22)50-52)46-38-48-39(61)56(40(62)55(38)16-21-11-28(43)29(44)14-27(21)42)18-23-17-53(51-49-23)7-8-63-9-10-64-20-35(58)45-30-4-2-3-24-25(30)19-54(37(24)60)33-5-6-34(57)47-36(33)59/h2-4,11-15,17,33H,5-10,16,18-20H2,1H3,(H,45,58)(H,46,48,61)(H,47,57,59). The fraction of sp³-hybridized carbons (Fsp3) is 0.300. The van der Waals surface area contributed by atoms with Crippen molar-refractivity contribution < 1.29 is 41.8 Å². The second-order valence-corrected chi connectivity index (χ2v) is 15.2. The average Bonchev–Trinajstić information content (AvgIpc) is 3.95. The predicted molar refractivity (Wildman–Crippen MR) is 219 cm³/mol. The molecule has 8 rings (SSSR count). The summed E-state index contributed by atoms with van der Waals surface area (Å²) in [4.78, 5) is 82.4. The van der Waals surface area contributed by atoms with Crippen molar-refractivity contribution >= 4 is 63.5 Å². The second kappa shape index (κ2) is 18.2. The van der Waals surface area contributed by atoms with Gasteiger partial charge in [0.1, 0.15) is 24.2 Å². The summed E-state index contributed by atoms with van der Waals surface area (Å²) in [5.74, 6) is -6.05. The number of ether oxygens (including phenoxy) is 2. The zero-order valence-corrected chi connectivity index (χ0v) is 34.4. The maximum absolute atomic E-state index is 14.8. The lowest BCUT2D eigenvalue weighted by atomic mass is 10.0. The topological polar surface area (TPSA) is 231 Å². The van der Waals surface area contributed by atoms with Crippen LogP contribution in [0, 0.1) is 17.5 Å². The molecule has 0 bridgehead atoms. The Labute approximate surface area is 363 Å². The zero-order chi connectivity index (χ0) is 45.2. The number of anilines is 3. The van der Waals surface area contributed by atoms with Gasteiger partial charge in [-0.3, -0.25) is 33.7 Å². The molecule has 3 N–H and O–H groups in total. The van der Waals surface area contributed by atoms with Crippen LogP contribution in [-0.4, -0.2) is 99.9 Å². The number of carbonyl (C=O) groups is 4. The molecule has 3 aromatic heterocycles. The second-order valence-electron chi connectivity index (χ2n) is 14.8. The van der Waals surface area contributed by atoms with Gasteiger partial charge in [0.15, 0.2) is 11.6 Å². The van der Waals surface area contributed by atoms with Crippen molar-refractivity contribution in [1.29, 1.82) is 0 Å². The molecule has 6 aromatic rings. The highest BCUT2D eigenvalue weighted by molar-refractivity contribution is 6.34. The van der Waals surface area contributed by atoms with Gasteiger partial charge in [0.05, 0.1) is 61.9 Å². The van der Waals surface area contributed by atoms with Crippen molar-refractivity contribution in [1.82, 2.24) is 49.1 Å². The van der Waals surface area contributed by atoms with Gasteiger partial charge >= 0.3 is 11.4 Å². The summed E-state index contributed by atoms with van der Waals surface area (Å²) in [5, 5.41) is 21.0. The molecule has 2 aliphatic heterocycles. The van der Waals surface area contributed by atoms with Crippen LogP contribution in [-0.2, 0) is 57.1 Å². The number of aryl methyl sites for hydroxylation is 1. The van der Waals surface area contributed by atoms with Crippen LogP contribution < -0.4 is 27.3 Å². The fourth-order valence-corrected chi connectivity index (χ4v) is 7.46. The largest absolute Gasteiger partial charge is 0.377 e.